The second kappa shape index (κ2) is 6.23. The van der Waals surface area contributed by atoms with Crippen molar-refractivity contribution in [1.82, 2.24) is 10.2 Å². The van der Waals surface area contributed by atoms with Crippen LogP contribution in [0, 0.1) is 11.8 Å². The minimum atomic E-state index is -0.768. The zero-order valence-corrected chi connectivity index (χ0v) is 11.0. The number of hydrogen-bond donors (Lipinski definition) is 3. The third-order valence-corrected chi connectivity index (χ3v) is 4.17. The number of aliphatic carboxylic acids is 1. The Labute approximate surface area is 112 Å². The van der Waals surface area contributed by atoms with E-state index in [1.807, 2.05) is 0 Å². The van der Waals surface area contributed by atoms with Crippen LogP contribution in [0.25, 0.3) is 0 Å². The maximum atomic E-state index is 12.1. The standard InChI is InChI=1S/C13H22N2O4/c16-8-9-2-1-5-15(7-9)13(19)14-11-4-3-10(6-11)12(17)18/h9-11,16H,1-8H2,(H,14,19)(H,17,18)/t9?,10-,11+/m1/s1. The van der Waals surface area contributed by atoms with Crippen molar-refractivity contribution in [2.45, 2.75) is 38.1 Å². The number of aliphatic hydroxyl groups excluding tert-OH is 1. The van der Waals surface area contributed by atoms with Crippen molar-refractivity contribution in [2.24, 2.45) is 11.8 Å². The van der Waals surface area contributed by atoms with Crippen molar-refractivity contribution in [3.63, 3.8) is 0 Å². The van der Waals surface area contributed by atoms with Crippen LogP contribution < -0.4 is 5.32 Å². The van der Waals surface area contributed by atoms with Gasteiger partial charge in [-0.3, -0.25) is 4.79 Å². The Balaban J connectivity index is 1.79. The number of carboxylic acids is 1. The van der Waals surface area contributed by atoms with Crippen LogP contribution in [0.1, 0.15) is 32.1 Å². The molecular weight excluding hydrogens is 248 g/mol. The number of nitrogens with one attached hydrogen (secondary N) is 1. The van der Waals surface area contributed by atoms with Gasteiger partial charge in [-0.15, -0.1) is 0 Å². The zero-order chi connectivity index (χ0) is 13.8. The second-order valence-corrected chi connectivity index (χ2v) is 5.63. The van der Waals surface area contributed by atoms with Gasteiger partial charge in [0, 0.05) is 25.7 Å². The molecule has 19 heavy (non-hydrogen) atoms. The van der Waals surface area contributed by atoms with Gasteiger partial charge in [-0.2, -0.15) is 0 Å². The van der Waals surface area contributed by atoms with Crippen molar-refractivity contribution < 1.29 is 19.8 Å². The number of rotatable bonds is 3. The number of carbonyl (C=O) groups is 2. The Morgan fingerprint density at radius 2 is 2.05 bits per heavy atom. The molecule has 3 N–H and O–H groups in total. The lowest BCUT2D eigenvalue weighted by Gasteiger charge is -2.32. The summed E-state index contributed by atoms with van der Waals surface area (Å²) in [4.78, 5) is 24.7. The monoisotopic (exact) mass is 270 g/mol. The first-order chi connectivity index (χ1) is 9.10. The molecule has 0 aromatic carbocycles. The van der Waals surface area contributed by atoms with E-state index in [2.05, 4.69) is 5.32 Å². The minimum absolute atomic E-state index is 0.0249. The molecule has 1 saturated heterocycles. The molecule has 108 valence electrons. The summed E-state index contributed by atoms with van der Waals surface area (Å²) in [5.41, 5.74) is 0. The Morgan fingerprint density at radius 1 is 1.26 bits per heavy atom. The van der Waals surface area contributed by atoms with Crippen molar-refractivity contribution >= 4 is 12.0 Å². The molecule has 0 aromatic rings. The quantitative estimate of drug-likeness (QED) is 0.702. The number of carboxylic acid groups (broad SMARTS) is 1. The zero-order valence-electron chi connectivity index (χ0n) is 11.0. The molecule has 2 fully saturated rings. The number of amides is 2. The predicted octanol–water partition coefficient (Wildman–Crippen LogP) is 0.654. The molecule has 2 aliphatic rings. The van der Waals surface area contributed by atoms with Crippen LogP contribution in [-0.4, -0.2) is 52.9 Å². The highest BCUT2D eigenvalue weighted by Gasteiger charge is 2.32. The van der Waals surface area contributed by atoms with E-state index >= 15 is 0 Å². The fraction of sp³-hybridized carbons (Fsp3) is 0.846. The minimum Gasteiger partial charge on any atom is -0.481 e. The van der Waals surface area contributed by atoms with Gasteiger partial charge in [-0.25, -0.2) is 4.79 Å². The Kier molecular flexibility index (Phi) is 4.63. The maximum absolute atomic E-state index is 12.1. The summed E-state index contributed by atoms with van der Waals surface area (Å²) in [6, 6.07) is -0.141. The molecule has 1 saturated carbocycles. The lowest BCUT2D eigenvalue weighted by atomic mass is 9.99. The van der Waals surface area contributed by atoms with Gasteiger partial charge < -0.3 is 20.4 Å². The highest BCUT2D eigenvalue weighted by molar-refractivity contribution is 5.75. The molecule has 1 aliphatic carbocycles. The van der Waals surface area contributed by atoms with Crippen LogP contribution in [0.15, 0.2) is 0 Å². The van der Waals surface area contributed by atoms with Crippen LogP contribution >= 0.6 is 0 Å². The molecule has 3 atom stereocenters. The van der Waals surface area contributed by atoms with Gasteiger partial charge in [0.15, 0.2) is 0 Å². The number of piperidine rings is 1. The Bertz CT molecular complexity index is 348. The highest BCUT2D eigenvalue weighted by atomic mass is 16.4. The predicted molar refractivity (Wildman–Crippen MR) is 68.7 cm³/mol. The number of nitrogens with zero attached hydrogens (tertiary/aromatic N) is 1. The third kappa shape index (κ3) is 3.59. The summed E-state index contributed by atoms with van der Waals surface area (Å²) in [6.07, 6.45) is 3.78. The SMILES string of the molecule is O=C(O)[C@@H]1CC[C@H](NC(=O)N2CCCC(CO)C2)C1. The summed E-state index contributed by atoms with van der Waals surface area (Å²) in [6.45, 7) is 1.43. The number of hydrogen-bond acceptors (Lipinski definition) is 3. The molecular formula is C13H22N2O4. The first kappa shape index (κ1) is 14.1. The van der Waals surface area contributed by atoms with Crippen molar-refractivity contribution in [3.05, 3.63) is 0 Å². The van der Waals surface area contributed by atoms with Crippen molar-refractivity contribution in [2.75, 3.05) is 19.7 Å². The van der Waals surface area contributed by atoms with Crippen LogP contribution in [0.3, 0.4) is 0 Å². The first-order valence-electron chi connectivity index (χ1n) is 6.99. The van der Waals surface area contributed by atoms with Gasteiger partial charge in [0.1, 0.15) is 0 Å². The van der Waals surface area contributed by atoms with E-state index in [1.165, 1.54) is 0 Å². The van der Waals surface area contributed by atoms with E-state index in [0.29, 0.717) is 19.4 Å². The number of carbonyl (C=O) groups excluding carboxylic acids is 1. The molecule has 1 heterocycles. The smallest absolute Gasteiger partial charge is 0.317 e. The van der Waals surface area contributed by atoms with Gasteiger partial charge in [0.05, 0.1) is 5.92 Å². The molecule has 2 rings (SSSR count). The second-order valence-electron chi connectivity index (χ2n) is 5.63. The number of aliphatic hydroxyl groups is 1. The van der Waals surface area contributed by atoms with Gasteiger partial charge in [-0.05, 0) is 38.0 Å². The van der Waals surface area contributed by atoms with Crippen molar-refractivity contribution in [1.29, 1.82) is 0 Å². The molecule has 6 heteroatoms. The molecule has 0 aromatic heterocycles. The van der Waals surface area contributed by atoms with Crippen LogP contribution in [0.4, 0.5) is 4.79 Å². The number of urea groups is 1. The lowest BCUT2D eigenvalue weighted by Crippen LogP contribution is -2.48. The molecule has 6 nitrogen and oxygen atoms in total. The fourth-order valence-electron chi connectivity index (χ4n) is 3.00. The topological polar surface area (TPSA) is 89.9 Å². The van der Waals surface area contributed by atoms with E-state index in [9.17, 15) is 9.59 Å². The molecule has 0 bridgehead atoms. The van der Waals surface area contributed by atoms with Crippen LogP contribution in [0.5, 0.6) is 0 Å². The van der Waals surface area contributed by atoms with Crippen LogP contribution in [-0.2, 0) is 4.79 Å². The largest absolute Gasteiger partial charge is 0.481 e. The normalized spacial score (nSPS) is 31.2. The molecule has 1 aliphatic heterocycles. The van der Waals surface area contributed by atoms with E-state index in [-0.39, 0.29) is 30.5 Å². The average Bonchev–Trinajstić information content (AvgIpc) is 2.87. The maximum Gasteiger partial charge on any atom is 0.317 e. The molecule has 0 radical (unpaired) electrons. The molecule has 0 spiro atoms. The van der Waals surface area contributed by atoms with Gasteiger partial charge >= 0.3 is 12.0 Å². The third-order valence-electron chi connectivity index (χ3n) is 4.17. The number of likely N-dealkylation sites (tertiary alicyclic amines) is 1. The summed E-state index contributed by atoms with van der Waals surface area (Å²) in [5, 5.41) is 21.0. The summed E-state index contributed by atoms with van der Waals surface area (Å²) < 4.78 is 0. The fourth-order valence-corrected chi connectivity index (χ4v) is 3.00. The van der Waals surface area contributed by atoms with Gasteiger partial charge in [0.2, 0.25) is 0 Å². The van der Waals surface area contributed by atoms with E-state index in [0.717, 1.165) is 25.8 Å². The Hall–Kier alpha value is -1.30. The van der Waals surface area contributed by atoms with Gasteiger partial charge in [0.25, 0.3) is 0 Å². The van der Waals surface area contributed by atoms with E-state index in [4.69, 9.17) is 10.2 Å². The molecule has 1 unspecified atom stereocenters. The van der Waals surface area contributed by atoms with Crippen LogP contribution in [0.2, 0.25) is 0 Å². The lowest BCUT2D eigenvalue weighted by molar-refractivity contribution is -0.141. The van der Waals surface area contributed by atoms with E-state index < -0.39 is 5.97 Å². The van der Waals surface area contributed by atoms with Crippen molar-refractivity contribution in [3.8, 4) is 0 Å². The van der Waals surface area contributed by atoms with Gasteiger partial charge in [-0.1, -0.05) is 0 Å². The summed E-state index contributed by atoms with van der Waals surface area (Å²) in [5.74, 6) is -0.915. The average molecular weight is 270 g/mol. The summed E-state index contributed by atoms with van der Waals surface area (Å²) in [7, 11) is 0. The Morgan fingerprint density at radius 3 is 2.68 bits per heavy atom. The first-order valence-corrected chi connectivity index (χ1v) is 6.99. The highest BCUT2D eigenvalue weighted by Crippen LogP contribution is 2.26. The summed E-state index contributed by atoms with van der Waals surface area (Å²) >= 11 is 0. The molecule has 2 amide bonds. The van der Waals surface area contributed by atoms with E-state index in [1.54, 1.807) is 4.90 Å².